The number of carbonyl (C=O) groups is 1. The average molecular weight is 301 g/mol. The molecule has 0 saturated carbocycles. The molecule has 2 aromatic rings. The third-order valence-electron chi connectivity index (χ3n) is 2.29. The Labute approximate surface area is 113 Å². The third-order valence-corrected chi connectivity index (χ3v) is 4.12. The molecule has 2 heterocycles. The van der Waals surface area contributed by atoms with Gasteiger partial charge in [0.05, 0.1) is 11.2 Å². The summed E-state index contributed by atoms with van der Waals surface area (Å²) in [5, 5.41) is 11.3. The van der Waals surface area contributed by atoms with Crippen LogP contribution >= 0.6 is 11.3 Å². The van der Waals surface area contributed by atoms with Gasteiger partial charge in [0.1, 0.15) is 9.77 Å². The van der Waals surface area contributed by atoms with E-state index in [1.807, 2.05) is 0 Å². The third kappa shape index (κ3) is 2.80. The Balaban J connectivity index is 2.35. The van der Waals surface area contributed by atoms with E-state index in [0.717, 1.165) is 11.3 Å². The Kier molecular flexibility index (Phi) is 3.39. The zero-order chi connectivity index (χ0) is 14.2. The van der Waals surface area contributed by atoms with Gasteiger partial charge in [0.15, 0.2) is 5.82 Å². The number of primary sulfonamides is 1. The van der Waals surface area contributed by atoms with Gasteiger partial charge in [-0.05, 0) is 6.92 Å². The first kappa shape index (κ1) is 13.6. The number of aryl methyl sites for hydroxylation is 2. The van der Waals surface area contributed by atoms with E-state index in [1.54, 1.807) is 6.92 Å². The predicted octanol–water partition coefficient (Wildman–Crippen LogP) is 0.0847. The highest BCUT2D eigenvalue weighted by atomic mass is 32.2. The van der Waals surface area contributed by atoms with Crippen LogP contribution in [0, 0.1) is 6.92 Å². The van der Waals surface area contributed by atoms with Crippen LogP contribution in [0.2, 0.25) is 0 Å². The number of nitrogens with one attached hydrogen (secondary N) is 1. The van der Waals surface area contributed by atoms with Crippen molar-refractivity contribution in [3.05, 3.63) is 22.3 Å². The highest BCUT2D eigenvalue weighted by Gasteiger charge is 2.21. The average Bonchev–Trinajstić information content (AvgIpc) is 2.84. The zero-order valence-corrected chi connectivity index (χ0v) is 11.7. The second-order valence-electron chi connectivity index (χ2n) is 3.78. The first-order valence-electron chi connectivity index (χ1n) is 5.07. The van der Waals surface area contributed by atoms with Crippen LogP contribution in [0.1, 0.15) is 15.4 Å². The van der Waals surface area contributed by atoms with Gasteiger partial charge in [-0.25, -0.2) is 18.5 Å². The lowest BCUT2D eigenvalue weighted by molar-refractivity contribution is 0.102. The van der Waals surface area contributed by atoms with Crippen LogP contribution in [0.15, 0.2) is 16.6 Å². The number of thiazole rings is 1. The van der Waals surface area contributed by atoms with Gasteiger partial charge in [0.25, 0.3) is 5.91 Å². The van der Waals surface area contributed by atoms with Crippen molar-refractivity contribution in [2.24, 2.45) is 12.2 Å². The maximum Gasteiger partial charge on any atom is 0.268 e. The van der Waals surface area contributed by atoms with Crippen LogP contribution in [0.3, 0.4) is 0 Å². The summed E-state index contributed by atoms with van der Waals surface area (Å²) < 4.78 is 24.0. The fourth-order valence-corrected chi connectivity index (χ4v) is 2.80. The zero-order valence-electron chi connectivity index (χ0n) is 10.1. The molecular formula is C9H11N5O3S2. The standard InChI is InChI=1S/C9H11N5O3S2/c1-5-7(18-4-11-5)9(15)12-8-6(19(10,16)17)3-14(2)13-8/h3-4H,1-2H3,(H2,10,16,17)(H,12,13,15). The first-order valence-corrected chi connectivity index (χ1v) is 7.49. The molecular weight excluding hydrogens is 290 g/mol. The van der Waals surface area contributed by atoms with Crippen LogP contribution in [0.4, 0.5) is 5.82 Å². The number of aromatic nitrogens is 3. The monoisotopic (exact) mass is 301 g/mol. The second-order valence-corrected chi connectivity index (χ2v) is 6.17. The van der Waals surface area contributed by atoms with Crippen LogP contribution in [-0.4, -0.2) is 29.1 Å². The van der Waals surface area contributed by atoms with Crippen molar-refractivity contribution in [3.63, 3.8) is 0 Å². The summed E-state index contributed by atoms with van der Waals surface area (Å²) in [5.41, 5.74) is 2.10. The van der Waals surface area contributed by atoms with E-state index >= 15 is 0 Å². The number of amides is 1. The van der Waals surface area contributed by atoms with E-state index in [-0.39, 0.29) is 10.7 Å². The topological polar surface area (TPSA) is 120 Å². The van der Waals surface area contributed by atoms with Crippen LogP contribution < -0.4 is 10.5 Å². The summed E-state index contributed by atoms with van der Waals surface area (Å²) in [5.74, 6) is -0.564. The molecule has 8 nitrogen and oxygen atoms in total. The van der Waals surface area contributed by atoms with Gasteiger partial charge in [-0.2, -0.15) is 5.10 Å². The van der Waals surface area contributed by atoms with Crippen molar-refractivity contribution < 1.29 is 13.2 Å². The highest BCUT2D eigenvalue weighted by Crippen LogP contribution is 2.20. The molecule has 2 rings (SSSR count). The molecule has 1 amide bonds. The van der Waals surface area contributed by atoms with Gasteiger partial charge in [-0.15, -0.1) is 11.3 Å². The normalized spacial score (nSPS) is 11.5. The summed E-state index contributed by atoms with van der Waals surface area (Å²) in [6.07, 6.45) is 1.23. The van der Waals surface area contributed by atoms with Gasteiger partial charge in [0.2, 0.25) is 10.0 Å². The maximum atomic E-state index is 12.0. The minimum Gasteiger partial charge on any atom is -0.303 e. The number of nitrogens with two attached hydrogens (primary N) is 1. The SMILES string of the molecule is Cc1ncsc1C(=O)Nc1nn(C)cc1S(N)(=O)=O. The van der Waals surface area contributed by atoms with Gasteiger partial charge in [-0.1, -0.05) is 0 Å². The fraction of sp³-hybridized carbons (Fsp3) is 0.222. The molecule has 2 aromatic heterocycles. The van der Waals surface area contributed by atoms with Crippen molar-refractivity contribution in [2.75, 3.05) is 5.32 Å². The quantitative estimate of drug-likeness (QED) is 0.832. The second kappa shape index (κ2) is 4.72. The highest BCUT2D eigenvalue weighted by molar-refractivity contribution is 7.89. The Morgan fingerprint density at radius 3 is 2.74 bits per heavy atom. The lowest BCUT2D eigenvalue weighted by atomic mass is 10.4. The molecule has 0 saturated heterocycles. The van der Waals surface area contributed by atoms with Crippen molar-refractivity contribution >= 4 is 33.1 Å². The Hall–Kier alpha value is -1.78. The number of nitrogens with zero attached hydrogens (tertiary/aromatic N) is 3. The van der Waals surface area contributed by atoms with Crippen LogP contribution in [-0.2, 0) is 17.1 Å². The molecule has 0 bridgehead atoms. The van der Waals surface area contributed by atoms with E-state index in [9.17, 15) is 13.2 Å². The molecule has 10 heteroatoms. The van der Waals surface area contributed by atoms with E-state index in [4.69, 9.17) is 5.14 Å². The summed E-state index contributed by atoms with van der Waals surface area (Å²) in [4.78, 5) is 16.1. The fourth-order valence-electron chi connectivity index (χ4n) is 1.45. The molecule has 0 radical (unpaired) electrons. The van der Waals surface area contributed by atoms with Crippen LogP contribution in [0.25, 0.3) is 0 Å². The summed E-state index contributed by atoms with van der Waals surface area (Å²) in [6.45, 7) is 1.68. The molecule has 0 aromatic carbocycles. The smallest absolute Gasteiger partial charge is 0.268 e. The minimum absolute atomic E-state index is 0.0946. The number of sulfonamides is 1. The predicted molar refractivity (Wildman–Crippen MR) is 69.4 cm³/mol. The summed E-state index contributed by atoms with van der Waals surface area (Å²) in [7, 11) is -2.42. The molecule has 0 aliphatic carbocycles. The van der Waals surface area contributed by atoms with E-state index in [2.05, 4.69) is 15.4 Å². The maximum absolute atomic E-state index is 12.0. The Morgan fingerprint density at radius 2 is 2.21 bits per heavy atom. The molecule has 0 fully saturated rings. The largest absolute Gasteiger partial charge is 0.303 e. The number of hydrogen-bond donors (Lipinski definition) is 2. The molecule has 0 spiro atoms. The molecule has 0 aliphatic rings. The Morgan fingerprint density at radius 1 is 1.53 bits per heavy atom. The number of anilines is 1. The van der Waals surface area contributed by atoms with Crippen molar-refractivity contribution in [1.82, 2.24) is 14.8 Å². The molecule has 102 valence electrons. The molecule has 0 aliphatic heterocycles. The van der Waals surface area contributed by atoms with Crippen molar-refractivity contribution in [2.45, 2.75) is 11.8 Å². The van der Waals surface area contributed by atoms with Gasteiger partial charge < -0.3 is 5.32 Å². The molecule has 19 heavy (non-hydrogen) atoms. The number of hydrogen-bond acceptors (Lipinski definition) is 6. The van der Waals surface area contributed by atoms with E-state index < -0.39 is 15.9 Å². The number of rotatable bonds is 3. The Bertz CT molecular complexity index is 731. The summed E-state index contributed by atoms with van der Waals surface area (Å²) in [6, 6.07) is 0. The van der Waals surface area contributed by atoms with E-state index in [1.165, 1.54) is 23.4 Å². The van der Waals surface area contributed by atoms with Gasteiger partial charge in [-0.3, -0.25) is 9.48 Å². The lowest BCUT2D eigenvalue weighted by Crippen LogP contribution is -2.17. The lowest BCUT2D eigenvalue weighted by Gasteiger charge is -2.02. The van der Waals surface area contributed by atoms with Gasteiger partial charge in [0, 0.05) is 13.2 Å². The molecule has 3 N–H and O–H groups in total. The minimum atomic E-state index is -3.95. The van der Waals surface area contributed by atoms with E-state index in [0.29, 0.717) is 10.6 Å². The first-order chi connectivity index (χ1) is 8.79. The summed E-state index contributed by atoms with van der Waals surface area (Å²) >= 11 is 1.16. The number of carbonyl (C=O) groups excluding carboxylic acids is 1. The molecule has 0 atom stereocenters. The van der Waals surface area contributed by atoms with Gasteiger partial charge >= 0.3 is 0 Å². The van der Waals surface area contributed by atoms with Crippen molar-refractivity contribution in [3.8, 4) is 0 Å². The van der Waals surface area contributed by atoms with Crippen molar-refractivity contribution in [1.29, 1.82) is 0 Å². The van der Waals surface area contributed by atoms with Crippen LogP contribution in [0.5, 0.6) is 0 Å². The molecule has 0 unspecified atom stereocenters.